The Hall–Kier alpha value is -2.68. The molecule has 0 aliphatic carbocycles. The molecule has 0 unspecified atom stereocenters. The van der Waals surface area contributed by atoms with E-state index in [9.17, 15) is 4.79 Å². The van der Waals surface area contributed by atoms with Crippen molar-refractivity contribution < 1.29 is 4.79 Å². The van der Waals surface area contributed by atoms with Crippen LogP contribution in [0.1, 0.15) is 48.3 Å². The number of anilines is 3. The van der Waals surface area contributed by atoms with Crippen molar-refractivity contribution >= 4 is 23.5 Å². The Labute approximate surface area is 158 Å². The molecule has 0 aromatic carbocycles. The number of carbonyl (C=O) groups is 1. The molecule has 0 radical (unpaired) electrons. The predicted molar refractivity (Wildman–Crippen MR) is 103 cm³/mol. The molecule has 2 aliphatic heterocycles. The lowest BCUT2D eigenvalue weighted by Gasteiger charge is -2.43. The van der Waals surface area contributed by atoms with Crippen LogP contribution in [0.15, 0.2) is 12.1 Å². The van der Waals surface area contributed by atoms with Crippen LogP contribution in [0.2, 0.25) is 0 Å². The van der Waals surface area contributed by atoms with Crippen molar-refractivity contribution in [3.63, 3.8) is 0 Å². The second kappa shape index (κ2) is 7.15. The largest absolute Gasteiger partial charge is 0.364 e. The average Bonchev–Trinajstić information content (AvgIpc) is 3.05. The first-order valence-corrected chi connectivity index (χ1v) is 9.44. The van der Waals surface area contributed by atoms with Gasteiger partial charge in [-0.15, -0.1) is 0 Å². The van der Waals surface area contributed by atoms with E-state index in [2.05, 4.69) is 35.7 Å². The van der Waals surface area contributed by atoms with Crippen LogP contribution in [0.25, 0.3) is 0 Å². The smallest absolute Gasteiger partial charge is 0.267 e. The minimum absolute atomic E-state index is 0.190. The van der Waals surface area contributed by atoms with Gasteiger partial charge in [0.2, 0.25) is 5.95 Å². The molecule has 0 spiro atoms. The van der Waals surface area contributed by atoms with E-state index in [1.54, 1.807) is 6.07 Å². The molecule has 1 amide bonds. The highest BCUT2D eigenvalue weighted by Gasteiger charge is 2.34. The van der Waals surface area contributed by atoms with Gasteiger partial charge in [-0.3, -0.25) is 9.89 Å². The number of nitrogens with one attached hydrogen (secondary N) is 3. The van der Waals surface area contributed by atoms with Gasteiger partial charge in [0.15, 0.2) is 5.82 Å². The molecule has 3 atom stereocenters. The second-order valence-electron chi connectivity index (χ2n) is 7.59. The van der Waals surface area contributed by atoms with E-state index >= 15 is 0 Å². The minimum atomic E-state index is -0.574. The number of fused-ring (bicyclic) bond motifs is 2. The number of amides is 1. The number of aryl methyl sites for hydroxylation is 1. The Bertz CT molecular complexity index is 823. The van der Waals surface area contributed by atoms with Crippen molar-refractivity contribution in [3.8, 4) is 0 Å². The topological polar surface area (TPSA) is 125 Å². The van der Waals surface area contributed by atoms with E-state index in [1.165, 1.54) is 19.3 Å². The molecule has 4 heterocycles. The molecule has 2 saturated heterocycles. The van der Waals surface area contributed by atoms with E-state index in [0.29, 0.717) is 35.7 Å². The number of H-pyrrole nitrogens is 1. The molecule has 9 heteroatoms. The Morgan fingerprint density at radius 2 is 1.96 bits per heavy atom. The Balaban J connectivity index is 1.59. The molecule has 0 saturated carbocycles. The van der Waals surface area contributed by atoms with Crippen molar-refractivity contribution in [3.05, 3.63) is 23.5 Å². The van der Waals surface area contributed by atoms with Gasteiger partial charge in [-0.1, -0.05) is 6.42 Å². The number of nitrogens with zero attached hydrogens (tertiary/aromatic N) is 4. The van der Waals surface area contributed by atoms with Gasteiger partial charge in [-0.25, -0.2) is 4.98 Å². The monoisotopic (exact) mass is 370 g/mol. The summed E-state index contributed by atoms with van der Waals surface area (Å²) in [6.45, 7) is 1.92. The van der Waals surface area contributed by atoms with Crippen LogP contribution >= 0.6 is 0 Å². The summed E-state index contributed by atoms with van der Waals surface area (Å²) in [7, 11) is 1.99. The first kappa shape index (κ1) is 17.7. The lowest BCUT2D eigenvalue weighted by atomic mass is 9.83. The first-order valence-electron chi connectivity index (χ1n) is 9.44. The second-order valence-corrected chi connectivity index (χ2v) is 7.59. The molecule has 5 N–H and O–H groups in total. The summed E-state index contributed by atoms with van der Waals surface area (Å²) in [5, 5.41) is 13.8. The standard InChI is InChI=1S/C18H26N8O/c1-10-6-16(25-24-10)22-15-9-14(17(19)27)21-18(23-15)26(2)13-7-11-4-3-5-12(8-13)20-11/h6,9,11-13,20H,3-5,7-8H2,1-2H3,(H2,19,27)(H2,21,22,23,24,25)/t11-,12+,13-. The van der Waals surface area contributed by atoms with Gasteiger partial charge in [-0.2, -0.15) is 10.1 Å². The van der Waals surface area contributed by atoms with Crippen LogP contribution in [0.4, 0.5) is 17.6 Å². The molecule has 144 valence electrons. The van der Waals surface area contributed by atoms with Gasteiger partial charge in [0.1, 0.15) is 11.5 Å². The van der Waals surface area contributed by atoms with Crippen LogP contribution in [0, 0.1) is 6.92 Å². The third kappa shape index (κ3) is 3.87. The lowest BCUT2D eigenvalue weighted by Crippen LogP contribution is -2.54. The normalized spacial score (nSPS) is 24.4. The highest BCUT2D eigenvalue weighted by Crippen LogP contribution is 2.30. The van der Waals surface area contributed by atoms with E-state index in [-0.39, 0.29) is 5.69 Å². The van der Waals surface area contributed by atoms with Crippen LogP contribution in [-0.2, 0) is 0 Å². The van der Waals surface area contributed by atoms with Crippen LogP contribution in [0.3, 0.4) is 0 Å². The van der Waals surface area contributed by atoms with Crippen molar-refractivity contribution in [2.45, 2.75) is 57.2 Å². The summed E-state index contributed by atoms with van der Waals surface area (Å²) in [4.78, 5) is 22.9. The minimum Gasteiger partial charge on any atom is -0.364 e. The fraction of sp³-hybridized carbons (Fsp3) is 0.556. The molecule has 2 fully saturated rings. The van der Waals surface area contributed by atoms with E-state index in [0.717, 1.165) is 18.5 Å². The van der Waals surface area contributed by atoms with Crippen molar-refractivity contribution in [1.29, 1.82) is 0 Å². The number of aromatic amines is 1. The highest BCUT2D eigenvalue weighted by atomic mass is 16.1. The molecule has 4 rings (SSSR count). The third-order valence-electron chi connectivity index (χ3n) is 5.48. The van der Waals surface area contributed by atoms with Gasteiger partial charge in [0.25, 0.3) is 5.91 Å². The molecular weight excluding hydrogens is 344 g/mol. The van der Waals surface area contributed by atoms with Gasteiger partial charge < -0.3 is 21.3 Å². The summed E-state index contributed by atoms with van der Waals surface area (Å²) in [6, 6.07) is 4.86. The van der Waals surface area contributed by atoms with E-state index in [1.807, 2.05) is 20.0 Å². The predicted octanol–water partition coefficient (Wildman–Crippen LogP) is 1.46. The number of rotatable bonds is 5. The molecule has 2 aliphatic rings. The third-order valence-corrected chi connectivity index (χ3v) is 5.48. The molecule has 2 aromatic rings. The fourth-order valence-corrected chi connectivity index (χ4v) is 4.11. The molecule has 9 nitrogen and oxygen atoms in total. The number of primary amides is 1. The molecule has 2 aromatic heterocycles. The maximum atomic E-state index is 11.8. The van der Waals surface area contributed by atoms with Gasteiger partial charge >= 0.3 is 0 Å². The lowest BCUT2D eigenvalue weighted by molar-refractivity contribution is 0.0995. The SMILES string of the molecule is Cc1cc(Nc2cc(C(N)=O)nc(N(C)[C@@H]3C[C@H]4CCC[C@@H](C3)N4)n2)n[nH]1. The Morgan fingerprint density at radius 1 is 1.22 bits per heavy atom. The zero-order valence-corrected chi connectivity index (χ0v) is 15.7. The van der Waals surface area contributed by atoms with Gasteiger partial charge in [0, 0.05) is 43.0 Å². The summed E-state index contributed by atoms with van der Waals surface area (Å²) >= 11 is 0. The first-order chi connectivity index (χ1) is 13.0. The number of aromatic nitrogens is 4. The number of hydrogen-bond acceptors (Lipinski definition) is 7. The molecule has 27 heavy (non-hydrogen) atoms. The summed E-state index contributed by atoms with van der Waals surface area (Å²) < 4.78 is 0. The van der Waals surface area contributed by atoms with Crippen molar-refractivity contribution in [2.75, 3.05) is 17.3 Å². The summed E-state index contributed by atoms with van der Waals surface area (Å²) in [6.07, 6.45) is 5.84. The zero-order valence-electron chi connectivity index (χ0n) is 15.7. The van der Waals surface area contributed by atoms with Crippen molar-refractivity contribution in [1.82, 2.24) is 25.5 Å². The Morgan fingerprint density at radius 3 is 2.59 bits per heavy atom. The number of piperidine rings is 2. The quantitative estimate of drug-likeness (QED) is 0.628. The van der Waals surface area contributed by atoms with Gasteiger partial charge in [0.05, 0.1) is 0 Å². The number of nitrogens with two attached hydrogens (primary N) is 1. The summed E-state index contributed by atoms with van der Waals surface area (Å²) in [5.74, 6) is 1.06. The summed E-state index contributed by atoms with van der Waals surface area (Å²) in [5.41, 5.74) is 6.62. The van der Waals surface area contributed by atoms with E-state index in [4.69, 9.17) is 5.73 Å². The van der Waals surface area contributed by atoms with Gasteiger partial charge in [-0.05, 0) is 32.6 Å². The number of carbonyl (C=O) groups excluding carboxylic acids is 1. The van der Waals surface area contributed by atoms with Crippen molar-refractivity contribution in [2.24, 2.45) is 5.73 Å². The Kier molecular flexibility index (Phi) is 4.69. The molecule has 2 bridgehead atoms. The molecular formula is C18H26N8O. The fourth-order valence-electron chi connectivity index (χ4n) is 4.11. The van der Waals surface area contributed by atoms with Crippen LogP contribution < -0.4 is 21.3 Å². The zero-order chi connectivity index (χ0) is 19.0. The highest BCUT2D eigenvalue weighted by molar-refractivity contribution is 5.92. The number of hydrogen-bond donors (Lipinski definition) is 4. The average molecular weight is 370 g/mol. The van der Waals surface area contributed by atoms with E-state index < -0.39 is 5.91 Å². The van der Waals surface area contributed by atoms with Crippen LogP contribution in [-0.4, -0.2) is 51.2 Å². The maximum absolute atomic E-state index is 11.8. The van der Waals surface area contributed by atoms with Crippen LogP contribution in [0.5, 0.6) is 0 Å². The maximum Gasteiger partial charge on any atom is 0.267 e.